The Morgan fingerprint density at radius 1 is 0.739 bits per heavy atom. The molecule has 2 aromatic rings. The Labute approximate surface area is 141 Å². The highest BCUT2D eigenvalue weighted by Gasteiger charge is 2.31. The fraction of sp³-hybridized carbons (Fsp3) is 0.364. The fourth-order valence-electron chi connectivity index (χ4n) is 3.42. The Kier molecular flexibility index (Phi) is 4.70. The van der Waals surface area contributed by atoms with Gasteiger partial charge in [0.25, 0.3) is 0 Å². The molecule has 0 unspecified atom stereocenters. The van der Waals surface area contributed by atoms with Crippen molar-refractivity contribution in [1.29, 1.82) is 0 Å². The van der Waals surface area contributed by atoms with Crippen molar-refractivity contribution in [1.82, 2.24) is 0 Å². The van der Waals surface area contributed by atoms with Crippen molar-refractivity contribution in [2.45, 2.75) is 52.6 Å². The van der Waals surface area contributed by atoms with E-state index in [0.29, 0.717) is 0 Å². The zero-order valence-corrected chi connectivity index (χ0v) is 15.4. The van der Waals surface area contributed by atoms with Crippen LogP contribution in [-0.2, 0) is 0 Å². The molecule has 0 spiro atoms. The molecule has 0 bridgehead atoms. The molecule has 0 aromatic heterocycles. The smallest absolute Gasteiger partial charge is 0.0381 e. The summed E-state index contributed by atoms with van der Waals surface area (Å²) in [6, 6.07) is 19.1. The zero-order valence-electron chi connectivity index (χ0n) is 15.4. The molecule has 0 atom stereocenters. The highest BCUT2D eigenvalue weighted by molar-refractivity contribution is 5.79. The third-order valence-electron chi connectivity index (χ3n) is 3.92. The standard InChI is InChI=1S/C22H29N/c1-17(18-12-9-8-10-13-18)19-14-11-15-20(16-19)23(21(2,3)4)22(5,6)7/h8-16H,1H2,2-7H3. The summed E-state index contributed by atoms with van der Waals surface area (Å²) in [5.41, 5.74) is 4.74. The normalized spacial score (nSPS) is 12.1. The summed E-state index contributed by atoms with van der Waals surface area (Å²) >= 11 is 0. The molecule has 0 aliphatic heterocycles. The maximum atomic E-state index is 4.30. The second-order valence-electron chi connectivity index (χ2n) is 8.07. The van der Waals surface area contributed by atoms with E-state index in [0.717, 1.165) is 5.57 Å². The molecule has 0 N–H and O–H groups in total. The van der Waals surface area contributed by atoms with Crippen LogP contribution in [0.1, 0.15) is 52.7 Å². The van der Waals surface area contributed by atoms with Crippen LogP contribution in [0.25, 0.3) is 5.57 Å². The topological polar surface area (TPSA) is 3.24 Å². The maximum Gasteiger partial charge on any atom is 0.0381 e. The third kappa shape index (κ3) is 4.04. The van der Waals surface area contributed by atoms with Crippen LogP contribution in [0.2, 0.25) is 0 Å². The van der Waals surface area contributed by atoms with Gasteiger partial charge >= 0.3 is 0 Å². The van der Waals surface area contributed by atoms with Crippen molar-refractivity contribution < 1.29 is 0 Å². The molecule has 0 fully saturated rings. The molecular weight excluding hydrogens is 278 g/mol. The predicted octanol–water partition coefficient (Wildman–Crippen LogP) is 6.15. The number of benzene rings is 2. The summed E-state index contributed by atoms with van der Waals surface area (Å²) < 4.78 is 0. The lowest BCUT2D eigenvalue weighted by Crippen LogP contribution is -2.53. The van der Waals surface area contributed by atoms with Gasteiger partial charge in [-0.15, -0.1) is 0 Å². The quantitative estimate of drug-likeness (QED) is 0.657. The first-order chi connectivity index (χ1) is 10.6. The third-order valence-corrected chi connectivity index (χ3v) is 3.92. The molecular formula is C22H29N. The van der Waals surface area contributed by atoms with Crippen molar-refractivity contribution >= 4 is 11.3 Å². The summed E-state index contributed by atoms with van der Waals surface area (Å²) in [6.45, 7) is 17.9. The van der Waals surface area contributed by atoms with E-state index in [-0.39, 0.29) is 11.1 Å². The van der Waals surface area contributed by atoms with Crippen molar-refractivity contribution in [2.75, 3.05) is 4.90 Å². The van der Waals surface area contributed by atoms with Gasteiger partial charge in [-0.1, -0.05) is 49.0 Å². The van der Waals surface area contributed by atoms with Crippen molar-refractivity contribution in [3.05, 3.63) is 72.3 Å². The molecule has 0 aliphatic rings. The van der Waals surface area contributed by atoms with Gasteiger partial charge in [-0.2, -0.15) is 0 Å². The lowest BCUT2D eigenvalue weighted by Gasteiger charge is -2.47. The predicted molar refractivity (Wildman–Crippen MR) is 103 cm³/mol. The van der Waals surface area contributed by atoms with Gasteiger partial charge in [-0.05, 0) is 70.4 Å². The first-order valence-electron chi connectivity index (χ1n) is 8.26. The first-order valence-corrected chi connectivity index (χ1v) is 8.26. The largest absolute Gasteiger partial charge is 0.362 e. The van der Waals surface area contributed by atoms with E-state index in [4.69, 9.17) is 0 Å². The number of hydrogen-bond acceptors (Lipinski definition) is 1. The first kappa shape index (κ1) is 17.3. The minimum atomic E-state index is 0.0466. The van der Waals surface area contributed by atoms with Crippen molar-refractivity contribution in [2.24, 2.45) is 0 Å². The van der Waals surface area contributed by atoms with E-state index in [1.54, 1.807) is 0 Å². The van der Waals surface area contributed by atoms with Gasteiger partial charge in [-0.25, -0.2) is 0 Å². The summed E-state index contributed by atoms with van der Waals surface area (Å²) in [4.78, 5) is 2.47. The molecule has 0 saturated carbocycles. The van der Waals surface area contributed by atoms with Crippen LogP contribution in [0.3, 0.4) is 0 Å². The number of rotatable bonds is 3. The number of anilines is 1. The van der Waals surface area contributed by atoms with E-state index in [2.05, 4.69) is 102 Å². The Balaban J connectivity index is 2.45. The van der Waals surface area contributed by atoms with Crippen molar-refractivity contribution in [3.8, 4) is 0 Å². The Morgan fingerprint density at radius 2 is 1.26 bits per heavy atom. The minimum absolute atomic E-state index is 0.0466. The molecule has 0 heterocycles. The van der Waals surface area contributed by atoms with E-state index in [1.807, 2.05) is 6.07 Å². The zero-order chi connectivity index (χ0) is 17.3. The van der Waals surface area contributed by atoms with Gasteiger partial charge < -0.3 is 4.90 Å². The second-order valence-corrected chi connectivity index (χ2v) is 8.07. The number of nitrogens with zero attached hydrogens (tertiary/aromatic N) is 1. The molecule has 0 amide bonds. The Hall–Kier alpha value is -2.02. The van der Waals surface area contributed by atoms with Crippen LogP contribution < -0.4 is 4.90 Å². The summed E-state index contributed by atoms with van der Waals surface area (Å²) in [7, 11) is 0. The van der Waals surface area contributed by atoms with Crippen molar-refractivity contribution in [3.63, 3.8) is 0 Å². The molecule has 0 aliphatic carbocycles. The maximum absolute atomic E-state index is 4.30. The molecule has 1 nitrogen and oxygen atoms in total. The highest BCUT2D eigenvalue weighted by Crippen LogP contribution is 2.34. The van der Waals surface area contributed by atoms with E-state index in [9.17, 15) is 0 Å². The van der Waals surface area contributed by atoms with Gasteiger partial charge in [0.1, 0.15) is 0 Å². The molecule has 0 saturated heterocycles. The molecule has 2 rings (SSSR count). The van der Waals surface area contributed by atoms with E-state index in [1.165, 1.54) is 16.8 Å². The molecule has 0 radical (unpaired) electrons. The summed E-state index contributed by atoms with van der Waals surface area (Å²) in [5, 5.41) is 0. The molecule has 122 valence electrons. The SMILES string of the molecule is C=C(c1ccccc1)c1cccc(N(C(C)(C)C)C(C)(C)C)c1. The lowest BCUT2D eigenvalue weighted by molar-refractivity contribution is 0.381. The van der Waals surface area contributed by atoms with Crippen LogP contribution in [0.15, 0.2) is 61.2 Å². The average Bonchev–Trinajstić information content (AvgIpc) is 2.44. The fourth-order valence-corrected chi connectivity index (χ4v) is 3.42. The van der Waals surface area contributed by atoms with E-state index < -0.39 is 0 Å². The molecule has 2 aromatic carbocycles. The van der Waals surface area contributed by atoms with Gasteiger partial charge in [0.05, 0.1) is 0 Å². The summed E-state index contributed by atoms with van der Waals surface area (Å²) in [5.74, 6) is 0. The second kappa shape index (κ2) is 6.23. The van der Waals surface area contributed by atoms with Crippen LogP contribution in [0, 0.1) is 0 Å². The average molecular weight is 307 g/mol. The van der Waals surface area contributed by atoms with Crippen LogP contribution in [-0.4, -0.2) is 11.1 Å². The monoisotopic (exact) mass is 307 g/mol. The van der Waals surface area contributed by atoms with Gasteiger partial charge in [0, 0.05) is 16.8 Å². The minimum Gasteiger partial charge on any atom is -0.362 e. The molecule has 23 heavy (non-hydrogen) atoms. The van der Waals surface area contributed by atoms with Gasteiger partial charge in [0.15, 0.2) is 0 Å². The van der Waals surface area contributed by atoms with Gasteiger partial charge in [-0.3, -0.25) is 0 Å². The van der Waals surface area contributed by atoms with Crippen LogP contribution in [0.4, 0.5) is 5.69 Å². The van der Waals surface area contributed by atoms with Gasteiger partial charge in [0.2, 0.25) is 0 Å². The van der Waals surface area contributed by atoms with E-state index >= 15 is 0 Å². The molecule has 1 heteroatoms. The summed E-state index contributed by atoms with van der Waals surface area (Å²) in [6.07, 6.45) is 0. The van der Waals surface area contributed by atoms with Crippen LogP contribution >= 0.6 is 0 Å². The van der Waals surface area contributed by atoms with Crippen LogP contribution in [0.5, 0.6) is 0 Å². The highest BCUT2D eigenvalue weighted by atomic mass is 15.2. The Bertz CT molecular complexity index is 655. The lowest BCUT2D eigenvalue weighted by atomic mass is 9.93. The number of hydrogen-bond donors (Lipinski definition) is 0. The Morgan fingerprint density at radius 3 is 1.78 bits per heavy atom.